The molecule has 0 amide bonds. The van der Waals surface area contributed by atoms with E-state index in [-0.39, 0.29) is 0 Å². The third-order valence-electron chi connectivity index (χ3n) is 3.67. The maximum Gasteiger partial charge on any atom is 0.161 e. The summed E-state index contributed by atoms with van der Waals surface area (Å²) in [5.74, 6) is 3.26. The summed E-state index contributed by atoms with van der Waals surface area (Å²) in [5.41, 5.74) is 1.21. The van der Waals surface area contributed by atoms with Gasteiger partial charge >= 0.3 is 0 Å². The van der Waals surface area contributed by atoms with Gasteiger partial charge in [-0.25, -0.2) is 0 Å². The minimum absolute atomic E-state index is 0.407. The van der Waals surface area contributed by atoms with Crippen LogP contribution in [-0.4, -0.2) is 13.2 Å². The van der Waals surface area contributed by atoms with Crippen molar-refractivity contribution in [1.29, 1.82) is 0 Å². The second-order valence-corrected chi connectivity index (χ2v) is 5.39. The smallest absolute Gasteiger partial charge is 0.161 e. The quantitative estimate of drug-likeness (QED) is 0.847. The van der Waals surface area contributed by atoms with E-state index in [4.69, 9.17) is 13.9 Å². The lowest BCUT2D eigenvalue weighted by Crippen LogP contribution is -2.15. The molecule has 0 aliphatic heterocycles. The summed E-state index contributed by atoms with van der Waals surface area (Å²) < 4.78 is 16.8. The molecule has 1 fully saturated rings. The third-order valence-corrected chi connectivity index (χ3v) is 3.67. The van der Waals surface area contributed by atoms with Crippen LogP contribution < -0.4 is 14.8 Å². The Hall–Kier alpha value is -1.94. The molecule has 3 rings (SSSR count). The molecule has 4 heteroatoms. The van der Waals surface area contributed by atoms with Gasteiger partial charge < -0.3 is 19.2 Å². The molecule has 0 spiro atoms. The molecule has 21 heavy (non-hydrogen) atoms. The zero-order valence-electron chi connectivity index (χ0n) is 12.5. The van der Waals surface area contributed by atoms with E-state index in [1.165, 1.54) is 18.4 Å². The fraction of sp³-hybridized carbons (Fsp3) is 0.412. The molecule has 1 heterocycles. The molecule has 0 unspecified atom stereocenters. The van der Waals surface area contributed by atoms with E-state index in [0.717, 1.165) is 29.6 Å². The normalized spacial score (nSPS) is 14.2. The van der Waals surface area contributed by atoms with Crippen LogP contribution in [0.5, 0.6) is 11.5 Å². The summed E-state index contributed by atoms with van der Waals surface area (Å²) in [6, 6.07) is 10.4. The Morgan fingerprint density at radius 1 is 1.24 bits per heavy atom. The average molecular weight is 287 g/mol. The van der Waals surface area contributed by atoms with Crippen LogP contribution in [0, 0.1) is 6.92 Å². The van der Waals surface area contributed by atoms with E-state index in [9.17, 15) is 0 Å². The zero-order chi connectivity index (χ0) is 14.7. The minimum Gasteiger partial charge on any atom is -0.493 e. The van der Waals surface area contributed by atoms with Crippen molar-refractivity contribution in [3.63, 3.8) is 0 Å². The van der Waals surface area contributed by atoms with Gasteiger partial charge in [-0.1, -0.05) is 12.1 Å². The summed E-state index contributed by atoms with van der Waals surface area (Å²) in [6.07, 6.45) is 2.58. The number of methoxy groups -OCH3 is 1. The highest BCUT2D eigenvalue weighted by Crippen LogP contribution is 2.27. The van der Waals surface area contributed by atoms with Gasteiger partial charge in [0.15, 0.2) is 11.5 Å². The lowest BCUT2D eigenvalue weighted by Gasteiger charge is -2.08. The Balaban J connectivity index is 1.60. The van der Waals surface area contributed by atoms with E-state index >= 15 is 0 Å². The Morgan fingerprint density at radius 2 is 2.00 bits per heavy atom. The molecule has 1 aromatic heterocycles. The maximum atomic E-state index is 5.78. The summed E-state index contributed by atoms with van der Waals surface area (Å²) in [5, 5.41) is 3.50. The summed E-state index contributed by atoms with van der Waals surface area (Å²) in [7, 11) is 1.64. The van der Waals surface area contributed by atoms with E-state index < -0.39 is 0 Å². The number of hydrogen-bond donors (Lipinski definition) is 1. The highest BCUT2D eigenvalue weighted by Gasteiger charge is 2.21. The van der Waals surface area contributed by atoms with Crippen LogP contribution in [0.4, 0.5) is 0 Å². The monoisotopic (exact) mass is 287 g/mol. The van der Waals surface area contributed by atoms with E-state index in [1.54, 1.807) is 7.11 Å². The Kier molecular flexibility index (Phi) is 4.15. The second-order valence-electron chi connectivity index (χ2n) is 5.39. The largest absolute Gasteiger partial charge is 0.493 e. The van der Waals surface area contributed by atoms with Gasteiger partial charge in [-0.05, 0) is 38.0 Å². The number of para-hydroxylation sites is 2. The van der Waals surface area contributed by atoms with Crippen molar-refractivity contribution in [3.05, 3.63) is 47.4 Å². The number of nitrogens with one attached hydrogen (secondary N) is 1. The van der Waals surface area contributed by atoms with Crippen LogP contribution in [0.3, 0.4) is 0 Å². The lowest BCUT2D eigenvalue weighted by molar-refractivity contribution is 0.254. The van der Waals surface area contributed by atoms with Gasteiger partial charge in [-0.15, -0.1) is 0 Å². The van der Waals surface area contributed by atoms with Gasteiger partial charge in [0.05, 0.1) is 7.11 Å². The van der Waals surface area contributed by atoms with Crippen LogP contribution in [-0.2, 0) is 13.2 Å². The zero-order valence-corrected chi connectivity index (χ0v) is 12.5. The lowest BCUT2D eigenvalue weighted by atomic mass is 10.2. The molecule has 1 saturated carbocycles. The highest BCUT2D eigenvalue weighted by molar-refractivity contribution is 5.39. The third kappa shape index (κ3) is 3.58. The Bertz CT molecular complexity index is 602. The number of rotatable bonds is 7. The molecule has 1 aliphatic carbocycles. The molecule has 112 valence electrons. The highest BCUT2D eigenvalue weighted by atomic mass is 16.5. The molecule has 0 saturated heterocycles. The molecular weight excluding hydrogens is 266 g/mol. The first kappa shape index (κ1) is 14.0. The predicted octanol–water partition coefficient (Wildman–Crippen LogP) is 3.43. The number of hydrogen-bond acceptors (Lipinski definition) is 4. The molecule has 1 aliphatic rings. The van der Waals surface area contributed by atoms with Crippen molar-refractivity contribution in [3.8, 4) is 11.5 Å². The fourth-order valence-corrected chi connectivity index (χ4v) is 2.26. The van der Waals surface area contributed by atoms with E-state index in [0.29, 0.717) is 12.6 Å². The topological polar surface area (TPSA) is 43.6 Å². The SMILES string of the molecule is COc1ccccc1OCc1cc(CNC2CC2)c(C)o1. The average Bonchev–Trinajstić information content (AvgIpc) is 3.27. The van der Waals surface area contributed by atoms with Gasteiger partial charge in [0, 0.05) is 18.2 Å². The molecule has 2 aromatic rings. The summed E-state index contributed by atoms with van der Waals surface area (Å²) >= 11 is 0. The van der Waals surface area contributed by atoms with Gasteiger partial charge in [0.25, 0.3) is 0 Å². The maximum absolute atomic E-state index is 5.78. The van der Waals surface area contributed by atoms with Gasteiger partial charge in [-0.2, -0.15) is 0 Å². The van der Waals surface area contributed by atoms with Crippen LogP contribution >= 0.6 is 0 Å². The van der Waals surface area contributed by atoms with Crippen LogP contribution in [0.15, 0.2) is 34.7 Å². The van der Waals surface area contributed by atoms with Gasteiger partial charge in [-0.3, -0.25) is 0 Å². The predicted molar refractivity (Wildman–Crippen MR) is 80.6 cm³/mol. The first-order chi connectivity index (χ1) is 10.3. The molecular formula is C17H21NO3. The van der Waals surface area contributed by atoms with Crippen molar-refractivity contribution in [1.82, 2.24) is 5.32 Å². The van der Waals surface area contributed by atoms with Gasteiger partial charge in [0.1, 0.15) is 18.1 Å². The summed E-state index contributed by atoms with van der Waals surface area (Å²) in [4.78, 5) is 0. The number of furan rings is 1. The minimum atomic E-state index is 0.407. The Labute approximate surface area is 125 Å². The fourth-order valence-electron chi connectivity index (χ4n) is 2.26. The van der Waals surface area contributed by atoms with Crippen molar-refractivity contribution in [2.45, 2.75) is 39.0 Å². The van der Waals surface area contributed by atoms with Crippen molar-refractivity contribution >= 4 is 0 Å². The summed E-state index contributed by atoms with van der Waals surface area (Å²) in [6.45, 7) is 3.27. The van der Waals surface area contributed by atoms with Crippen LogP contribution in [0.1, 0.15) is 29.9 Å². The number of benzene rings is 1. The van der Waals surface area contributed by atoms with Crippen LogP contribution in [0.25, 0.3) is 0 Å². The van der Waals surface area contributed by atoms with E-state index in [1.807, 2.05) is 31.2 Å². The second kappa shape index (κ2) is 6.22. The van der Waals surface area contributed by atoms with E-state index in [2.05, 4.69) is 11.4 Å². The molecule has 4 nitrogen and oxygen atoms in total. The van der Waals surface area contributed by atoms with Crippen molar-refractivity contribution in [2.24, 2.45) is 0 Å². The molecule has 0 atom stereocenters. The van der Waals surface area contributed by atoms with Crippen LogP contribution in [0.2, 0.25) is 0 Å². The molecule has 0 radical (unpaired) electrons. The van der Waals surface area contributed by atoms with Crippen molar-refractivity contribution < 1.29 is 13.9 Å². The first-order valence-electron chi connectivity index (χ1n) is 7.33. The first-order valence-corrected chi connectivity index (χ1v) is 7.33. The molecule has 0 bridgehead atoms. The standard InChI is InChI=1S/C17H21NO3/c1-12-13(10-18-14-7-8-14)9-15(21-12)11-20-17-6-4-3-5-16(17)19-2/h3-6,9,14,18H,7-8,10-11H2,1-2H3. The number of ether oxygens (including phenoxy) is 2. The van der Waals surface area contributed by atoms with Gasteiger partial charge in [0.2, 0.25) is 0 Å². The molecule has 1 N–H and O–H groups in total. The number of aryl methyl sites for hydroxylation is 1. The van der Waals surface area contributed by atoms with Crippen molar-refractivity contribution in [2.75, 3.05) is 7.11 Å². The molecule has 1 aromatic carbocycles. The Morgan fingerprint density at radius 3 is 2.71 bits per heavy atom.